The predicted octanol–water partition coefficient (Wildman–Crippen LogP) is 4.57. The van der Waals surface area contributed by atoms with Gasteiger partial charge in [0.2, 0.25) is 0 Å². The molecule has 0 aliphatic heterocycles. The third kappa shape index (κ3) is 2.80. The summed E-state index contributed by atoms with van der Waals surface area (Å²) >= 11 is 0. The molecule has 125 valence electrons. The van der Waals surface area contributed by atoms with E-state index in [9.17, 15) is 5.11 Å². The Balaban J connectivity index is 0.00000180. The minimum absolute atomic E-state index is 0. The Kier molecular flexibility index (Phi) is 4.45. The van der Waals surface area contributed by atoms with Gasteiger partial charge < -0.3 is 9.67 Å². The molecule has 1 radical (unpaired) electrons. The van der Waals surface area contributed by atoms with E-state index in [1.54, 1.807) is 12.3 Å². The average molecular weight is 344 g/mol. The minimum Gasteiger partial charge on any atom is -0.507 e. The van der Waals surface area contributed by atoms with Crippen LogP contribution in [0.2, 0.25) is 0 Å². The zero-order valence-corrected chi connectivity index (χ0v) is 14.9. The first-order valence-electron chi connectivity index (χ1n) is 8.42. The van der Waals surface area contributed by atoms with Gasteiger partial charge in [-0.2, -0.15) is 0 Å². The van der Waals surface area contributed by atoms with Crippen molar-refractivity contribution in [3.8, 4) is 22.7 Å². The number of phenols is 1. The molecule has 0 aliphatic rings. The van der Waals surface area contributed by atoms with Gasteiger partial charge in [0.1, 0.15) is 5.75 Å². The molecule has 5 rings (SSSR count). The summed E-state index contributed by atoms with van der Waals surface area (Å²) in [5.74, 6) is 0.214. The Bertz CT molecular complexity index is 1200. The summed E-state index contributed by atoms with van der Waals surface area (Å²) in [6.45, 7) is 0. The summed E-state index contributed by atoms with van der Waals surface area (Å²) in [6, 6.07) is 23.5. The molecule has 0 saturated carbocycles. The van der Waals surface area contributed by atoms with Crippen molar-refractivity contribution in [2.45, 2.75) is 0 Å². The van der Waals surface area contributed by atoms with E-state index in [2.05, 4.69) is 32.7 Å². The maximum absolute atomic E-state index is 10.4. The van der Waals surface area contributed by atoms with E-state index >= 15 is 0 Å². The smallest absolute Gasteiger partial charge is 0.125 e. The van der Waals surface area contributed by atoms with Crippen LogP contribution in [0.25, 0.3) is 38.9 Å². The van der Waals surface area contributed by atoms with Crippen LogP contribution in [0.3, 0.4) is 0 Å². The summed E-state index contributed by atoms with van der Waals surface area (Å²) in [6.07, 6.45) is 3.54. The summed E-state index contributed by atoms with van der Waals surface area (Å²) in [5.41, 5.74) is 5.49. The van der Waals surface area contributed by atoms with Crippen LogP contribution in [0.1, 0.15) is 0 Å². The average Bonchev–Trinajstić information content (AvgIpc) is 3.04. The van der Waals surface area contributed by atoms with E-state index in [-0.39, 0.29) is 24.6 Å². The number of para-hydroxylation sites is 1. The van der Waals surface area contributed by atoms with Gasteiger partial charge >= 0.3 is 0 Å². The summed E-state index contributed by atoms with van der Waals surface area (Å²) in [4.78, 5) is 8.95. The SMILES string of the molecule is Oc1ccc(-n2c3ccccc3c3ncccc32)cc1-c1ccccn1.[Li]. The topological polar surface area (TPSA) is 50.9 Å². The molecule has 0 bridgehead atoms. The molecule has 0 atom stereocenters. The molecule has 2 aromatic carbocycles. The number of pyridine rings is 2. The molecule has 4 nitrogen and oxygen atoms in total. The largest absolute Gasteiger partial charge is 0.507 e. The van der Waals surface area contributed by atoms with Crippen molar-refractivity contribution in [2.75, 3.05) is 0 Å². The predicted molar refractivity (Wildman–Crippen MR) is 109 cm³/mol. The van der Waals surface area contributed by atoms with Crippen molar-refractivity contribution in [1.82, 2.24) is 14.5 Å². The Labute approximate surface area is 168 Å². The fourth-order valence-corrected chi connectivity index (χ4v) is 3.45. The third-order valence-corrected chi connectivity index (χ3v) is 4.61. The van der Waals surface area contributed by atoms with Gasteiger partial charge in [-0.05, 0) is 48.5 Å². The minimum atomic E-state index is 0. The van der Waals surface area contributed by atoms with Crippen LogP contribution in [0.15, 0.2) is 85.2 Å². The molecular weight excluding hydrogens is 329 g/mol. The number of hydrogen-bond donors (Lipinski definition) is 1. The number of aromatic nitrogens is 3. The Morgan fingerprint density at radius 1 is 0.741 bits per heavy atom. The van der Waals surface area contributed by atoms with E-state index in [1.807, 2.05) is 54.7 Å². The molecule has 0 unspecified atom stereocenters. The first-order valence-corrected chi connectivity index (χ1v) is 8.42. The standard InChI is InChI=1S/C22H15N3O.Li/c26-21-11-10-15(14-17(21)18-7-3-4-12-23-18)25-19-8-2-1-6-16(19)22-20(25)9-5-13-24-22;/h1-14,26H;. The fourth-order valence-electron chi connectivity index (χ4n) is 3.45. The van der Waals surface area contributed by atoms with E-state index in [4.69, 9.17) is 0 Å². The van der Waals surface area contributed by atoms with Crippen molar-refractivity contribution >= 4 is 40.8 Å². The molecule has 0 aliphatic carbocycles. The van der Waals surface area contributed by atoms with Crippen molar-refractivity contribution in [2.24, 2.45) is 0 Å². The van der Waals surface area contributed by atoms with Crippen LogP contribution >= 0.6 is 0 Å². The van der Waals surface area contributed by atoms with Crippen LogP contribution < -0.4 is 0 Å². The van der Waals surface area contributed by atoms with Gasteiger partial charge in [-0.1, -0.05) is 24.3 Å². The zero-order chi connectivity index (χ0) is 17.5. The molecule has 27 heavy (non-hydrogen) atoms. The zero-order valence-electron chi connectivity index (χ0n) is 14.9. The Morgan fingerprint density at radius 2 is 1.52 bits per heavy atom. The molecule has 0 spiro atoms. The van der Waals surface area contributed by atoms with Crippen molar-refractivity contribution in [1.29, 1.82) is 0 Å². The van der Waals surface area contributed by atoms with Crippen LogP contribution in [-0.4, -0.2) is 38.5 Å². The summed E-state index contributed by atoms with van der Waals surface area (Å²) in [7, 11) is 0. The molecule has 3 aromatic heterocycles. The van der Waals surface area contributed by atoms with Crippen molar-refractivity contribution < 1.29 is 5.11 Å². The number of nitrogens with zero attached hydrogens (tertiary/aromatic N) is 3. The van der Waals surface area contributed by atoms with Gasteiger partial charge in [-0.3, -0.25) is 9.97 Å². The monoisotopic (exact) mass is 344 g/mol. The second kappa shape index (κ2) is 6.92. The third-order valence-electron chi connectivity index (χ3n) is 4.61. The second-order valence-corrected chi connectivity index (χ2v) is 6.14. The number of aromatic hydroxyl groups is 1. The van der Waals surface area contributed by atoms with Crippen molar-refractivity contribution in [3.05, 3.63) is 85.2 Å². The molecule has 5 heteroatoms. The number of rotatable bonds is 2. The maximum atomic E-state index is 10.4. The van der Waals surface area contributed by atoms with Gasteiger partial charge in [-0.25, -0.2) is 0 Å². The van der Waals surface area contributed by atoms with E-state index in [1.165, 1.54) is 0 Å². The molecule has 5 aromatic rings. The van der Waals surface area contributed by atoms with Gasteiger partial charge in [0.15, 0.2) is 0 Å². The number of benzene rings is 2. The van der Waals surface area contributed by atoms with E-state index in [0.717, 1.165) is 33.3 Å². The molecule has 1 N–H and O–H groups in total. The van der Waals surface area contributed by atoms with E-state index < -0.39 is 0 Å². The Hall–Kier alpha value is -3.06. The number of phenolic OH excluding ortho intramolecular Hbond substituents is 1. The van der Waals surface area contributed by atoms with Gasteiger partial charge in [-0.15, -0.1) is 0 Å². The van der Waals surface area contributed by atoms with Gasteiger partial charge in [0, 0.05) is 47.9 Å². The van der Waals surface area contributed by atoms with Crippen molar-refractivity contribution in [3.63, 3.8) is 0 Å². The van der Waals surface area contributed by atoms with Crippen LogP contribution in [0.5, 0.6) is 5.75 Å². The molecule has 0 amide bonds. The van der Waals surface area contributed by atoms with E-state index in [0.29, 0.717) is 5.56 Å². The Morgan fingerprint density at radius 3 is 2.37 bits per heavy atom. The summed E-state index contributed by atoms with van der Waals surface area (Å²) in [5, 5.41) is 11.5. The van der Waals surface area contributed by atoms with Crippen LogP contribution in [-0.2, 0) is 0 Å². The fraction of sp³-hybridized carbons (Fsp3) is 0. The van der Waals surface area contributed by atoms with Gasteiger partial charge in [0.05, 0.1) is 22.2 Å². The van der Waals surface area contributed by atoms with Crippen LogP contribution in [0, 0.1) is 0 Å². The normalized spacial score (nSPS) is 10.8. The quantitative estimate of drug-likeness (QED) is 0.478. The maximum Gasteiger partial charge on any atom is 0.125 e. The number of fused-ring (bicyclic) bond motifs is 3. The van der Waals surface area contributed by atoms with Gasteiger partial charge in [0.25, 0.3) is 0 Å². The molecule has 0 fully saturated rings. The second-order valence-electron chi connectivity index (χ2n) is 6.14. The summed E-state index contributed by atoms with van der Waals surface area (Å²) < 4.78 is 2.17. The first-order chi connectivity index (χ1) is 12.8. The number of hydrogen-bond acceptors (Lipinski definition) is 3. The molecule has 3 heterocycles. The molecule has 0 saturated heterocycles. The molecular formula is C22H15LiN3O. The first kappa shape index (κ1) is 17.4. The van der Waals surface area contributed by atoms with Crippen LogP contribution in [0.4, 0.5) is 0 Å².